The minimum atomic E-state index is 0.197. The van der Waals surface area contributed by atoms with E-state index in [1.54, 1.807) is 7.11 Å². The van der Waals surface area contributed by atoms with Gasteiger partial charge in [-0.05, 0) is 43.7 Å². The molecule has 1 unspecified atom stereocenters. The van der Waals surface area contributed by atoms with Crippen LogP contribution in [0.4, 0.5) is 5.69 Å². The summed E-state index contributed by atoms with van der Waals surface area (Å²) in [5.74, 6) is 0.989. The summed E-state index contributed by atoms with van der Waals surface area (Å²) >= 11 is 0. The highest BCUT2D eigenvalue weighted by atomic mass is 16.5. The Hall–Kier alpha value is -2.79. The summed E-state index contributed by atoms with van der Waals surface area (Å²) in [6.07, 6.45) is 1.83. The number of quaternary nitrogens is 1. The molecule has 1 saturated heterocycles. The minimum absolute atomic E-state index is 0.197. The summed E-state index contributed by atoms with van der Waals surface area (Å²) in [5, 5.41) is 0.969. The predicted octanol–water partition coefficient (Wildman–Crippen LogP) is 2.46. The van der Waals surface area contributed by atoms with E-state index in [1.165, 1.54) is 16.2 Å². The third-order valence-corrected chi connectivity index (χ3v) is 5.76. The molecule has 4 rings (SSSR count). The fraction of sp³-hybridized carbons (Fsp3) is 0.348. The smallest absolute Gasteiger partial charge is 0.219 e. The van der Waals surface area contributed by atoms with Crippen LogP contribution in [-0.2, 0) is 0 Å². The number of nitrogens with zero attached hydrogens (tertiary/aromatic N) is 1. The lowest BCUT2D eigenvalue weighted by molar-refractivity contribution is -0.894. The molecular weight excluding hydrogens is 350 g/mol. The van der Waals surface area contributed by atoms with E-state index in [1.807, 2.05) is 24.4 Å². The Labute approximate surface area is 165 Å². The molecule has 0 spiro atoms. The molecule has 0 amide bonds. The minimum Gasteiger partial charge on any atom is -0.497 e. The number of carbonyl (C=O) groups excluding carboxylic acids is 1. The molecule has 0 radical (unpaired) electrons. The molecule has 1 aromatic heterocycles. The molecule has 0 aliphatic carbocycles. The van der Waals surface area contributed by atoms with Gasteiger partial charge in [-0.15, -0.1) is 0 Å². The number of anilines is 1. The van der Waals surface area contributed by atoms with Crippen LogP contribution in [0.15, 0.2) is 48.7 Å². The predicted molar refractivity (Wildman–Crippen MR) is 113 cm³/mol. The van der Waals surface area contributed by atoms with Gasteiger partial charge in [-0.1, -0.05) is 12.1 Å². The van der Waals surface area contributed by atoms with Crippen molar-refractivity contribution >= 4 is 22.4 Å². The van der Waals surface area contributed by atoms with Crippen LogP contribution in [0.5, 0.6) is 5.75 Å². The van der Waals surface area contributed by atoms with Gasteiger partial charge in [-0.25, -0.2) is 0 Å². The van der Waals surface area contributed by atoms with Crippen molar-refractivity contribution < 1.29 is 14.4 Å². The van der Waals surface area contributed by atoms with E-state index < -0.39 is 0 Å². The van der Waals surface area contributed by atoms with Crippen molar-refractivity contribution in [2.24, 2.45) is 0 Å². The highest BCUT2D eigenvalue weighted by Gasteiger charge is 2.29. The highest BCUT2D eigenvalue weighted by molar-refractivity contribution is 6.08. The number of hydrogen-bond donors (Lipinski definition) is 2. The molecule has 5 nitrogen and oxygen atoms in total. The SMILES string of the molecule is COc1ccc2c(C(=O)C[NH+]3CCN(c4cccc(C)c4)[C@@H](C)C3)c[nH]c2c1. The number of fused-ring (bicyclic) bond motifs is 1. The van der Waals surface area contributed by atoms with Crippen molar-refractivity contribution in [3.8, 4) is 5.75 Å². The van der Waals surface area contributed by atoms with Crippen LogP contribution in [0.3, 0.4) is 0 Å². The highest BCUT2D eigenvalue weighted by Crippen LogP contribution is 2.23. The van der Waals surface area contributed by atoms with Crippen LogP contribution in [0.2, 0.25) is 0 Å². The van der Waals surface area contributed by atoms with Crippen LogP contribution < -0.4 is 14.5 Å². The zero-order valence-corrected chi connectivity index (χ0v) is 16.8. The van der Waals surface area contributed by atoms with Gasteiger partial charge in [0, 0.05) is 34.4 Å². The molecule has 5 heteroatoms. The maximum Gasteiger partial charge on any atom is 0.219 e. The zero-order valence-electron chi connectivity index (χ0n) is 16.8. The van der Waals surface area contributed by atoms with Crippen molar-refractivity contribution in [3.63, 3.8) is 0 Å². The van der Waals surface area contributed by atoms with Crippen LogP contribution in [0.25, 0.3) is 10.9 Å². The van der Waals surface area contributed by atoms with Crippen LogP contribution in [0.1, 0.15) is 22.8 Å². The van der Waals surface area contributed by atoms with E-state index in [2.05, 4.69) is 48.0 Å². The Bertz CT molecular complexity index is 994. The molecule has 0 saturated carbocycles. The number of Topliss-reactive ketones (excluding diaryl/α,β-unsaturated/α-hetero) is 1. The number of aryl methyl sites for hydroxylation is 1. The summed E-state index contributed by atoms with van der Waals surface area (Å²) in [7, 11) is 1.65. The normalized spacial score (nSPS) is 19.8. The van der Waals surface area contributed by atoms with Gasteiger partial charge in [0.2, 0.25) is 5.78 Å². The Kier molecular flexibility index (Phi) is 5.09. The van der Waals surface area contributed by atoms with Gasteiger partial charge in [-0.2, -0.15) is 0 Å². The van der Waals surface area contributed by atoms with Crippen molar-refractivity contribution in [1.29, 1.82) is 0 Å². The Balaban J connectivity index is 1.43. The van der Waals surface area contributed by atoms with Gasteiger partial charge < -0.3 is 19.5 Å². The van der Waals surface area contributed by atoms with Gasteiger partial charge in [0.1, 0.15) is 12.3 Å². The number of benzene rings is 2. The number of aromatic nitrogens is 1. The van der Waals surface area contributed by atoms with Crippen LogP contribution >= 0.6 is 0 Å². The molecule has 28 heavy (non-hydrogen) atoms. The first kappa shape index (κ1) is 18.6. The number of nitrogens with one attached hydrogen (secondary N) is 2. The second-order valence-corrected chi connectivity index (χ2v) is 7.80. The fourth-order valence-electron chi connectivity index (χ4n) is 4.27. The van der Waals surface area contributed by atoms with Gasteiger partial charge in [0.15, 0.2) is 0 Å². The van der Waals surface area contributed by atoms with Crippen molar-refractivity contribution in [3.05, 3.63) is 59.8 Å². The van der Waals surface area contributed by atoms with Gasteiger partial charge in [0.05, 0.1) is 32.8 Å². The average molecular weight is 378 g/mol. The van der Waals surface area contributed by atoms with Gasteiger partial charge in [0.25, 0.3) is 0 Å². The monoisotopic (exact) mass is 378 g/mol. The van der Waals surface area contributed by atoms with Gasteiger partial charge >= 0.3 is 0 Å². The van der Waals surface area contributed by atoms with Crippen molar-refractivity contribution in [1.82, 2.24) is 4.98 Å². The molecule has 3 aromatic rings. The van der Waals surface area contributed by atoms with E-state index in [-0.39, 0.29) is 5.78 Å². The standard InChI is InChI=1S/C23H27N3O2/c1-16-5-4-6-18(11-16)26-10-9-25(14-17(26)2)15-23(27)21-13-24-22-12-19(28-3)7-8-20(21)22/h4-8,11-13,17,24H,9-10,14-15H2,1-3H3/p+1/t17-/m0/s1. The summed E-state index contributed by atoms with van der Waals surface area (Å²) < 4.78 is 5.27. The largest absolute Gasteiger partial charge is 0.497 e. The van der Waals surface area contributed by atoms with Gasteiger partial charge in [-0.3, -0.25) is 4.79 Å². The molecular formula is C23H28N3O2+. The maximum atomic E-state index is 13.0. The number of H-pyrrole nitrogens is 1. The fourth-order valence-corrected chi connectivity index (χ4v) is 4.27. The third-order valence-electron chi connectivity index (χ3n) is 5.76. The topological polar surface area (TPSA) is 49.8 Å². The van der Waals surface area contributed by atoms with Crippen LogP contribution in [0, 0.1) is 6.92 Å². The molecule has 1 fully saturated rings. The molecule has 1 aliphatic heterocycles. The Morgan fingerprint density at radius 1 is 1.29 bits per heavy atom. The molecule has 0 bridgehead atoms. The van der Waals surface area contributed by atoms with E-state index in [0.717, 1.165) is 41.9 Å². The summed E-state index contributed by atoms with van der Waals surface area (Å²) in [4.78, 5) is 20.0. The van der Waals surface area contributed by atoms with Crippen molar-refractivity contribution in [2.45, 2.75) is 19.9 Å². The maximum absolute atomic E-state index is 13.0. The van der Waals surface area contributed by atoms with E-state index in [4.69, 9.17) is 4.74 Å². The first-order valence-electron chi connectivity index (χ1n) is 9.90. The number of methoxy groups -OCH3 is 1. The zero-order chi connectivity index (χ0) is 19.7. The number of piperazine rings is 1. The number of hydrogen-bond acceptors (Lipinski definition) is 3. The van der Waals surface area contributed by atoms with E-state index >= 15 is 0 Å². The number of aromatic amines is 1. The summed E-state index contributed by atoms with van der Waals surface area (Å²) in [6, 6.07) is 14.9. The lowest BCUT2D eigenvalue weighted by atomic mass is 10.1. The molecule has 1 aliphatic rings. The molecule has 2 atom stereocenters. The second-order valence-electron chi connectivity index (χ2n) is 7.80. The second kappa shape index (κ2) is 7.68. The molecule has 2 heterocycles. The lowest BCUT2D eigenvalue weighted by Crippen LogP contribution is -3.16. The quantitative estimate of drug-likeness (QED) is 0.671. The first-order chi connectivity index (χ1) is 13.5. The average Bonchev–Trinajstić information content (AvgIpc) is 3.11. The van der Waals surface area contributed by atoms with Crippen molar-refractivity contribution in [2.75, 3.05) is 38.2 Å². The first-order valence-corrected chi connectivity index (χ1v) is 9.90. The number of ketones is 1. The number of ether oxygens (including phenoxy) is 1. The summed E-state index contributed by atoms with van der Waals surface area (Å²) in [6.45, 7) is 7.83. The lowest BCUT2D eigenvalue weighted by Gasteiger charge is -2.38. The summed E-state index contributed by atoms with van der Waals surface area (Å²) in [5.41, 5.74) is 4.28. The third kappa shape index (κ3) is 3.62. The van der Waals surface area contributed by atoms with Crippen LogP contribution in [-0.4, -0.2) is 50.1 Å². The molecule has 146 valence electrons. The number of carbonyl (C=O) groups is 1. The molecule has 2 aromatic carbocycles. The van der Waals surface area contributed by atoms with E-state index in [9.17, 15) is 4.79 Å². The Morgan fingerprint density at radius 3 is 2.89 bits per heavy atom. The van der Waals surface area contributed by atoms with E-state index in [0.29, 0.717) is 12.6 Å². The molecule has 2 N–H and O–H groups in total. The number of rotatable bonds is 5. The Morgan fingerprint density at radius 2 is 2.14 bits per heavy atom.